The molecule has 2 rings (SSSR count). The number of benzene rings is 1. The number of hydrogen-bond donors (Lipinski definition) is 1. The Balaban J connectivity index is 2.17. The maximum Gasteiger partial charge on any atom is 0.316 e. The van der Waals surface area contributed by atoms with Gasteiger partial charge in [-0.1, -0.05) is 32.2 Å². The molecule has 8 heteroatoms. The van der Waals surface area contributed by atoms with Gasteiger partial charge in [0.2, 0.25) is 5.91 Å². The van der Waals surface area contributed by atoms with E-state index < -0.39 is 19.9 Å². The van der Waals surface area contributed by atoms with Crippen molar-refractivity contribution in [3.8, 4) is 0 Å². The number of imide groups is 1. The van der Waals surface area contributed by atoms with Crippen LogP contribution in [0.5, 0.6) is 0 Å². The van der Waals surface area contributed by atoms with E-state index in [1.165, 1.54) is 6.42 Å². The van der Waals surface area contributed by atoms with E-state index in [2.05, 4.69) is 4.98 Å². The van der Waals surface area contributed by atoms with Crippen LogP contribution in [0.3, 0.4) is 0 Å². The first kappa shape index (κ1) is 18.8. The van der Waals surface area contributed by atoms with Crippen molar-refractivity contribution in [2.45, 2.75) is 32.5 Å². The lowest BCUT2D eigenvalue weighted by Gasteiger charge is -2.21. The molecule has 0 saturated carbocycles. The molecule has 0 bridgehead atoms. The standard InChI is InChI=1S/C17H22N3O4Si/c1-4-10-20(14(21)9-11-25(2,3)17(18)23)16(22)15-19-12-7-5-6-8-13(12)24-15/h5-9H,4,10-11H2,1-3H3,(H2,18,23). The second-order valence-electron chi connectivity index (χ2n) is 6.44. The molecular weight excluding hydrogens is 338 g/mol. The Kier molecular flexibility index (Phi) is 5.73. The molecule has 0 unspecified atom stereocenters. The summed E-state index contributed by atoms with van der Waals surface area (Å²) in [6.45, 7) is 5.67. The molecule has 0 fully saturated rings. The highest BCUT2D eigenvalue weighted by atomic mass is 28.3. The van der Waals surface area contributed by atoms with Crippen LogP contribution in [0.2, 0.25) is 19.1 Å². The molecule has 1 aromatic heterocycles. The summed E-state index contributed by atoms with van der Waals surface area (Å²) in [7, 11) is -2.37. The van der Waals surface area contributed by atoms with Gasteiger partial charge in [0.1, 0.15) is 5.52 Å². The average Bonchev–Trinajstić information content (AvgIpc) is 3.01. The Morgan fingerprint density at radius 1 is 1.28 bits per heavy atom. The van der Waals surface area contributed by atoms with E-state index in [1.54, 1.807) is 37.4 Å². The summed E-state index contributed by atoms with van der Waals surface area (Å²) in [5.41, 5.74) is 6.04. The van der Waals surface area contributed by atoms with Gasteiger partial charge in [-0.05, 0) is 24.6 Å². The van der Waals surface area contributed by atoms with E-state index in [0.29, 0.717) is 17.5 Å². The number of fused-ring (bicyclic) bond motifs is 1. The topological polar surface area (TPSA) is 106 Å². The zero-order valence-corrected chi connectivity index (χ0v) is 15.6. The molecule has 25 heavy (non-hydrogen) atoms. The van der Waals surface area contributed by atoms with E-state index in [9.17, 15) is 14.4 Å². The van der Waals surface area contributed by atoms with Crippen LogP contribution in [-0.4, -0.2) is 41.8 Å². The molecule has 0 saturated heterocycles. The number of primary amides is 1. The second-order valence-corrected chi connectivity index (χ2v) is 11.1. The van der Waals surface area contributed by atoms with Gasteiger partial charge in [-0.25, -0.2) is 4.98 Å². The molecule has 0 aliphatic rings. The number of carbonyl (C=O) groups excluding carboxylic acids is 3. The maximum absolute atomic E-state index is 12.7. The minimum Gasteiger partial charge on any atom is -0.432 e. The molecule has 0 aliphatic carbocycles. The molecular formula is C17H22N3O4Si. The summed E-state index contributed by atoms with van der Waals surface area (Å²) >= 11 is 0. The maximum atomic E-state index is 12.7. The Hall–Kier alpha value is -2.48. The highest BCUT2D eigenvalue weighted by Gasteiger charge is 2.32. The molecule has 1 radical (unpaired) electrons. The third-order valence-electron chi connectivity index (χ3n) is 3.89. The third kappa shape index (κ3) is 4.33. The van der Waals surface area contributed by atoms with E-state index in [0.717, 1.165) is 4.90 Å². The van der Waals surface area contributed by atoms with Crippen molar-refractivity contribution < 1.29 is 18.8 Å². The smallest absolute Gasteiger partial charge is 0.316 e. The summed E-state index contributed by atoms with van der Waals surface area (Å²) in [4.78, 5) is 41.8. The summed E-state index contributed by atoms with van der Waals surface area (Å²) in [6.07, 6.45) is 1.97. The fourth-order valence-electron chi connectivity index (χ4n) is 2.17. The Labute approximate surface area is 147 Å². The predicted octanol–water partition coefficient (Wildman–Crippen LogP) is 2.78. The van der Waals surface area contributed by atoms with Gasteiger partial charge >= 0.3 is 5.91 Å². The van der Waals surface area contributed by atoms with E-state index in [4.69, 9.17) is 10.2 Å². The van der Waals surface area contributed by atoms with Crippen LogP contribution in [0.25, 0.3) is 11.1 Å². The number of carbonyl (C=O) groups is 3. The lowest BCUT2D eigenvalue weighted by Crippen LogP contribution is -2.44. The lowest BCUT2D eigenvalue weighted by atomic mass is 10.3. The second kappa shape index (κ2) is 7.60. The molecule has 2 N–H and O–H groups in total. The zero-order chi connectivity index (χ0) is 18.6. The summed E-state index contributed by atoms with van der Waals surface area (Å²) in [5, 5.41) is 0. The monoisotopic (exact) mass is 360 g/mol. The molecule has 2 aromatic rings. The van der Waals surface area contributed by atoms with E-state index in [-0.39, 0.29) is 24.0 Å². The third-order valence-corrected chi connectivity index (χ3v) is 6.45. The normalized spacial score (nSPS) is 11.5. The molecule has 133 valence electrons. The fourth-order valence-corrected chi connectivity index (χ4v) is 3.05. The predicted molar refractivity (Wildman–Crippen MR) is 96.5 cm³/mol. The number of nitrogens with zero attached hydrogens (tertiary/aromatic N) is 2. The van der Waals surface area contributed by atoms with Gasteiger partial charge < -0.3 is 10.2 Å². The molecule has 0 aliphatic heterocycles. The molecule has 1 aromatic carbocycles. The summed E-state index contributed by atoms with van der Waals surface area (Å²) in [5.74, 6) is -1.17. The van der Waals surface area contributed by atoms with Crippen molar-refractivity contribution >= 4 is 36.5 Å². The Bertz CT molecular complexity index is 767. The molecule has 3 amide bonds. The van der Waals surface area contributed by atoms with Crippen molar-refractivity contribution in [2.24, 2.45) is 5.73 Å². The van der Waals surface area contributed by atoms with Crippen LogP contribution in [-0.2, 0) is 4.79 Å². The fraction of sp³-hybridized carbons (Fsp3) is 0.353. The van der Waals surface area contributed by atoms with E-state index in [1.807, 2.05) is 6.92 Å². The Morgan fingerprint density at radius 2 is 1.96 bits per heavy atom. The number of hydrogen-bond acceptors (Lipinski definition) is 5. The van der Waals surface area contributed by atoms with Crippen molar-refractivity contribution in [3.05, 3.63) is 36.6 Å². The van der Waals surface area contributed by atoms with Gasteiger partial charge in [0.05, 0.1) is 0 Å². The largest absolute Gasteiger partial charge is 0.432 e. The van der Waals surface area contributed by atoms with Crippen LogP contribution < -0.4 is 5.73 Å². The van der Waals surface area contributed by atoms with Crippen LogP contribution in [0, 0.1) is 6.42 Å². The van der Waals surface area contributed by atoms with Crippen molar-refractivity contribution in [2.75, 3.05) is 6.54 Å². The quantitative estimate of drug-likeness (QED) is 0.764. The highest BCUT2D eigenvalue weighted by molar-refractivity contribution is 7.04. The first-order chi connectivity index (χ1) is 11.8. The zero-order valence-electron chi connectivity index (χ0n) is 14.6. The average molecular weight is 360 g/mol. The van der Waals surface area contributed by atoms with Gasteiger partial charge in [0.15, 0.2) is 19.2 Å². The van der Waals surface area contributed by atoms with E-state index >= 15 is 0 Å². The number of oxazole rings is 1. The van der Waals surface area contributed by atoms with Crippen LogP contribution in [0.1, 0.15) is 24.0 Å². The SMILES string of the molecule is CCCN(C(=O)[CH]C[Si](C)(C)C(N)=O)C(=O)c1nc2ccccc2o1. The van der Waals surface area contributed by atoms with Crippen LogP contribution >= 0.6 is 0 Å². The number of nitrogens with two attached hydrogens (primary N) is 1. The summed E-state index contributed by atoms with van der Waals surface area (Å²) in [6, 6.07) is 7.29. The van der Waals surface area contributed by atoms with Crippen molar-refractivity contribution in [1.29, 1.82) is 0 Å². The van der Waals surface area contributed by atoms with Gasteiger partial charge in [-0.2, -0.15) is 0 Å². The first-order valence-corrected chi connectivity index (χ1v) is 11.3. The van der Waals surface area contributed by atoms with Gasteiger partial charge in [-0.3, -0.25) is 19.3 Å². The minimum absolute atomic E-state index is 0.122. The van der Waals surface area contributed by atoms with Gasteiger partial charge in [-0.15, -0.1) is 0 Å². The first-order valence-electron chi connectivity index (χ1n) is 8.10. The molecule has 0 spiro atoms. The summed E-state index contributed by atoms with van der Waals surface area (Å²) < 4.78 is 5.46. The number of amides is 3. The van der Waals surface area contributed by atoms with Crippen molar-refractivity contribution in [3.63, 3.8) is 0 Å². The number of aromatic nitrogens is 1. The van der Waals surface area contributed by atoms with Gasteiger partial charge in [0.25, 0.3) is 5.89 Å². The number of para-hydroxylation sites is 2. The lowest BCUT2D eigenvalue weighted by molar-refractivity contribution is -0.125. The minimum atomic E-state index is -2.37. The van der Waals surface area contributed by atoms with Crippen LogP contribution in [0.4, 0.5) is 4.79 Å². The molecule has 1 heterocycles. The highest BCUT2D eigenvalue weighted by Crippen LogP contribution is 2.18. The Morgan fingerprint density at radius 3 is 2.56 bits per heavy atom. The number of rotatable bonds is 7. The molecule has 0 atom stereocenters. The van der Waals surface area contributed by atoms with Gasteiger partial charge in [0, 0.05) is 13.0 Å². The molecule has 7 nitrogen and oxygen atoms in total. The van der Waals surface area contributed by atoms with Crippen molar-refractivity contribution in [1.82, 2.24) is 9.88 Å². The van der Waals surface area contributed by atoms with Crippen LogP contribution in [0.15, 0.2) is 28.7 Å².